The van der Waals surface area contributed by atoms with Crippen molar-refractivity contribution in [1.82, 2.24) is 5.32 Å². The number of nitrogens with one attached hydrogen (secondary N) is 1. The fourth-order valence-corrected chi connectivity index (χ4v) is 1.61. The second-order valence-corrected chi connectivity index (χ2v) is 4.72. The van der Waals surface area contributed by atoms with Gasteiger partial charge in [-0.15, -0.1) is 0 Å². The summed E-state index contributed by atoms with van der Waals surface area (Å²) < 4.78 is 0. The lowest BCUT2D eigenvalue weighted by Gasteiger charge is -2.26. The third-order valence-corrected chi connectivity index (χ3v) is 2.71. The number of benzene rings is 1. The van der Waals surface area contributed by atoms with Crippen molar-refractivity contribution >= 4 is 0 Å². The molecule has 90 valence electrons. The minimum atomic E-state index is -0.674. The largest absolute Gasteiger partial charge is 0.394 e. The molecule has 1 aromatic rings. The van der Waals surface area contributed by atoms with Crippen LogP contribution in [0.15, 0.2) is 30.3 Å². The third-order valence-electron chi connectivity index (χ3n) is 2.71. The summed E-state index contributed by atoms with van der Waals surface area (Å²) in [6.45, 7) is 5.31. The highest BCUT2D eigenvalue weighted by atomic mass is 16.3. The second-order valence-electron chi connectivity index (χ2n) is 4.72. The topological polar surface area (TPSA) is 52.5 Å². The van der Waals surface area contributed by atoms with Gasteiger partial charge in [0.1, 0.15) is 0 Å². The van der Waals surface area contributed by atoms with E-state index >= 15 is 0 Å². The van der Waals surface area contributed by atoms with Gasteiger partial charge in [-0.1, -0.05) is 44.2 Å². The van der Waals surface area contributed by atoms with Crippen LogP contribution in [0.4, 0.5) is 0 Å². The van der Waals surface area contributed by atoms with E-state index in [0.29, 0.717) is 6.54 Å². The Morgan fingerprint density at radius 3 is 2.44 bits per heavy atom. The van der Waals surface area contributed by atoms with Crippen LogP contribution in [-0.2, 0) is 5.41 Å². The van der Waals surface area contributed by atoms with Gasteiger partial charge in [0.25, 0.3) is 0 Å². The number of hydrogen-bond donors (Lipinski definition) is 3. The quantitative estimate of drug-likeness (QED) is 0.672. The summed E-state index contributed by atoms with van der Waals surface area (Å²) in [7, 11) is 0. The van der Waals surface area contributed by atoms with E-state index in [1.807, 2.05) is 18.2 Å². The predicted molar refractivity (Wildman–Crippen MR) is 65.4 cm³/mol. The van der Waals surface area contributed by atoms with Gasteiger partial charge in [0.05, 0.1) is 12.7 Å². The molecule has 0 aliphatic rings. The second kappa shape index (κ2) is 5.99. The van der Waals surface area contributed by atoms with E-state index in [1.165, 1.54) is 5.56 Å². The maximum Gasteiger partial charge on any atom is 0.0894 e. The van der Waals surface area contributed by atoms with Crippen molar-refractivity contribution in [2.24, 2.45) is 0 Å². The van der Waals surface area contributed by atoms with Gasteiger partial charge in [0, 0.05) is 18.5 Å². The lowest BCUT2D eigenvalue weighted by molar-refractivity contribution is 0.0934. The summed E-state index contributed by atoms with van der Waals surface area (Å²) in [5.41, 5.74) is 1.29. The van der Waals surface area contributed by atoms with Crippen molar-refractivity contribution in [2.75, 3.05) is 19.7 Å². The van der Waals surface area contributed by atoms with Crippen molar-refractivity contribution in [3.8, 4) is 0 Å². The van der Waals surface area contributed by atoms with Gasteiger partial charge in [0.15, 0.2) is 0 Å². The molecule has 0 unspecified atom stereocenters. The first-order valence-electron chi connectivity index (χ1n) is 5.61. The zero-order chi connectivity index (χ0) is 12.0. The predicted octanol–water partition coefficient (Wildman–Crippen LogP) is 0.907. The van der Waals surface area contributed by atoms with Gasteiger partial charge in [-0.3, -0.25) is 0 Å². The van der Waals surface area contributed by atoms with Crippen molar-refractivity contribution < 1.29 is 10.2 Å². The highest BCUT2D eigenvalue weighted by Crippen LogP contribution is 2.21. The molecule has 3 nitrogen and oxygen atoms in total. The number of rotatable bonds is 6. The molecule has 3 heteroatoms. The molecule has 0 heterocycles. The van der Waals surface area contributed by atoms with Crippen LogP contribution < -0.4 is 5.32 Å². The first-order chi connectivity index (χ1) is 7.56. The summed E-state index contributed by atoms with van der Waals surface area (Å²) in [4.78, 5) is 0. The van der Waals surface area contributed by atoms with Gasteiger partial charge in [-0.25, -0.2) is 0 Å². The van der Waals surface area contributed by atoms with Gasteiger partial charge < -0.3 is 15.5 Å². The zero-order valence-electron chi connectivity index (χ0n) is 9.98. The molecule has 0 aromatic heterocycles. The van der Waals surface area contributed by atoms with E-state index in [0.717, 1.165) is 6.54 Å². The summed E-state index contributed by atoms with van der Waals surface area (Å²) in [6, 6.07) is 10.3. The molecule has 0 radical (unpaired) electrons. The van der Waals surface area contributed by atoms with E-state index in [9.17, 15) is 5.11 Å². The molecule has 0 aliphatic carbocycles. The van der Waals surface area contributed by atoms with Crippen LogP contribution in [0.3, 0.4) is 0 Å². The first kappa shape index (κ1) is 13.2. The molecule has 1 rings (SSSR count). The van der Waals surface area contributed by atoms with Crippen LogP contribution in [0.5, 0.6) is 0 Å². The van der Waals surface area contributed by atoms with Crippen LogP contribution in [-0.4, -0.2) is 36.0 Å². The van der Waals surface area contributed by atoms with Crippen LogP contribution in [0, 0.1) is 0 Å². The molecule has 1 atom stereocenters. The Balaban J connectivity index is 2.46. The Kier molecular flexibility index (Phi) is 4.93. The average molecular weight is 223 g/mol. The molecule has 1 aromatic carbocycles. The molecule has 0 saturated heterocycles. The zero-order valence-corrected chi connectivity index (χ0v) is 9.98. The highest BCUT2D eigenvalue weighted by molar-refractivity contribution is 5.23. The molecule has 0 spiro atoms. The SMILES string of the molecule is CC(C)(CNC[C@H](O)CO)c1ccccc1. The minimum Gasteiger partial charge on any atom is -0.394 e. The highest BCUT2D eigenvalue weighted by Gasteiger charge is 2.19. The summed E-state index contributed by atoms with van der Waals surface area (Å²) >= 11 is 0. The molecule has 0 amide bonds. The maximum absolute atomic E-state index is 9.21. The monoisotopic (exact) mass is 223 g/mol. The van der Waals surface area contributed by atoms with Gasteiger partial charge in [-0.2, -0.15) is 0 Å². The summed E-state index contributed by atoms with van der Waals surface area (Å²) in [5, 5.41) is 21.1. The molecule has 0 saturated carbocycles. The maximum atomic E-state index is 9.21. The van der Waals surface area contributed by atoms with Crippen molar-refractivity contribution in [2.45, 2.75) is 25.4 Å². The average Bonchev–Trinajstić information content (AvgIpc) is 2.30. The Bertz CT molecular complexity index is 298. The molecule has 3 N–H and O–H groups in total. The van der Waals surface area contributed by atoms with E-state index in [1.54, 1.807) is 0 Å². The van der Waals surface area contributed by atoms with Crippen molar-refractivity contribution in [1.29, 1.82) is 0 Å². The van der Waals surface area contributed by atoms with Crippen molar-refractivity contribution in [3.05, 3.63) is 35.9 Å². The molecule has 0 fully saturated rings. The standard InChI is InChI=1S/C13H21NO2/c1-13(2,10-14-8-12(16)9-15)11-6-4-3-5-7-11/h3-7,12,14-16H,8-10H2,1-2H3/t12-/m0/s1. The number of aliphatic hydroxyl groups excluding tert-OH is 2. The van der Waals surface area contributed by atoms with Crippen molar-refractivity contribution in [3.63, 3.8) is 0 Å². The molecule has 0 aliphatic heterocycles. The normalized spacial score (nSPS) is 13.8. The summed E-state index contributed by atoms with van der Waals surface area (Å²) in [6.07, 6.45) is -0.674. The number of hydrogen-bond acceptors (Lipinski definition) is 3. The number of aliphatic hydroxyl groups is 2. The van der Waals surface area contributed by atoms with E-state index in [4.69, 9.17) is 5.11 Å². The fraction of sp³-hybridized carbons (Fsp3) is 0.538. The smallest absolute Gasteiger partial charge is 0.0894 e. The Morgan fingerprint density at radius 2 is 1.88 bits per heavy atom. The minimum absolute atomic E-state index is 0.0242. The van der Waals surface area contributed by atoms with Crippen LogP contribution in [0.25, 0.3) is 0 Å². The molecule has 16 heavy (non-hydrogen) atoms. The Hall–Kier alpha value is -0.900. The molecular formula is C13H21NO2. The van der Waals surface area contributed by atoms with Gasteiger partial charge >= 0.3 is 0 Å². The Morgan fingerprint density at radius 1 is 1.25 bits per heavy atom. The van der Waals surface area contributed by atoms with Crippen LogP contribution in [0.2, 0.25) is 0 Å². The third kappa shape index (κ3) is 3.93. The lowest BCUT2D eigenvalue weighted by atomic mass is 9.84. The van der Waals surface area contributed by atoms with E-state index in [2.05, 4.69) is 31.3 Å². The van der Waals surface area contributed by atoms with E-state index in [-0.39, 0.29) is 12.0 Å². The molecule has 0 bridgehead atoms. The Labute approximate surface area is 97.1 Å². The first-order valence-corrected chi connectivity index (χ1v) is 5.61. The lowest BCUT2D eigenvalue weighted by Crippen LogP contribution is -2.38. The van der Waals surface area contributed by atoms with Gasteiger partial charge in [0.2, 0.25) is 0 Å². The van der Waals surface area contributed by atoms with Gasteiger partial charge in [-0.05, 0) is 5.56 Å². The summed E-state index contributed by atoms with van der Waals surface area (Å²) in [5.74, 6) is 0. The van der Waals surface area contributed by atoms with E-state index < -0.39 is 6.10 Å². The van der Waals surface area contributed by atoms with Crippen LogP contribution >= 0.6 is 0 Å². The fourth-order valence-electron chi connectivity index (χ4n) is 1.61. The molecular weight excluding hydrogens is 202 g/mol. The van der Waals surface area contributed by atoms with Crippen LogP contribution in [0.1, 0.15) is 19.4 Å².